The highest BCUT2D eigenvalue weighted by atomic mass is 16.6. The minimum Gasteiger partial charge on any atom is -0.423 e. The van der Waals surface area contributed by atoms with E-state index in [1.54, 1.807) is 12.1 Å². The normalized spacial score (nSPS) is 11.0. The number of nitrogens with one attached hydrogen (secondary N) is 1. The largest absolute Gasteiger partial charge is 0.423 e. The van der Waals surface area contributed by atoms with E-state index in [1.165, 1.54) is 0 Å². The van der Waals surface area contributed by atoms with E-state index in [9.17, 15) is 9.59 Å². The van der Waals surface area contributed by atoms with Gasteiger partial charge in [0.1, 0.15) is 0 Å². The van der Waals surface area contributed by atoms with Crippen molar-refractivity contribution in [1.82, 2.24) is 5.32 Å². The van der Waals surface area contributed by atoms with Crippen molar-refractivity contribution in [1.29, 1.82) is 0 Å². The molecule has 0 aliphatic heterocycles. The van der Waals surface area contributed by atoms with E-state index in [2.05, 4.69) is 12.2 Å². The molecule has 0 bridgehead atoms. The van der Waals surface area contributed by atoms with E-state index in [1.807, 2.05) is 33.8 Å². The molecule has 0 radical (unpaired) electrons. The van der Waals surface area contributed by atoms with Gasteiger partial charge in [-0.1, -0.05) is 40.7 Å². The molecule has 0 saturated heterocycles. The lowest BCUT2D eigenvalue weighted by molar-refractivity contribution is -0.138. The van der Waals surface area contributed by atoms with Gasteiger partial charge in [0.15, 0.2) is 11.5 Å². The molecule has 0 heterocycles. The number of carbonyl (C=O) groups excluding carboxylic acids is 2. The van der Waals surface area contributed by atoms with Gasteiger partial charge >= 0.3 is 11.9 Å². The predicted octanol–water partition coefficient (Wildman–Crippen LogP) is 4.13. The second kappa shape index (κ2) is 11.7. The first-order valence-corrected chi connectivity index (χ1v) is 9.56. The summed E-state index contributed by atoms with van der Waals surface area (Å²) < 4.78 is 10.9. The van der Waals surface area contributed by atoms with Crippen LogP contribution < -0.4 is 14.8 Å². The van der Waals surface area contributed by atoms with Gasteiger partial charge in [0.2, 0.25) is 0 Å². The Bertz CT molecular complexity index is 581. The SMILES string of the molecule is CCCNCCc1ccc(OC(=O)CC(C)C)c(OC(=O)CC(C)C)c1. The Hall–Kier alpha value is -1.88. The van der Waals surface area contributed by atoms with Crippen LogP contribution in [0.15, 0.2) is 18.2 Å². The van der Waals surface area contributed by atoms with Crippen LogP contribution >= 0.6 is 0 Å². The lowest BCUT2D eigenvalue weighted by Gasteiger charge is -2.14. The average Bonchev–Trinajstić information content (AvgIpc) is 2.52. The summed E-state index contributed by atoms with van der Waals surface area (Å²) in [5.74, 6) is 0.397. The lowest BCUT2D eigenvalue weighted by atomic mass is 10.1. The van der Waals surface area contributed by atoms with Crippen LogP contribution in [0.3, 0.4) is 0 Å². The first-order valence-electron chi connectivity index (χ1n) is 9.56. The summed E-state index contributed by atoms with van der Waals surface area (Å²) in [6, 6.07) is 5.42. The third-order valence-corrected chi connectivity index (χ3v) is 3.62. The van der Waals surface area contributed by atoms with E-state index in [4.69, 9.17) is 9.47 Å². The van der Waals surface area contributed by atoms with Crippen molar-refractivity contribution in [3.63, 3.8) is 0 Å². The van der Waals surface area contributed by atoms with Crippen LogP contribution in [-0.4, -0.2) is 25.0 Å². The van der Waals surface area contributed by atoms with Gasteiger partial charge < -0.3 is 14.8 Å². The molecule has 0 aromatic heterocycles. The Morgan fingerprint density at radius 3 is 2.04 bits per heavy atom. The zero-order valence-electron chi connectivity index (χ0n) is 16.8. The Labute approximate surface area is 157 Å². The number of hydrogen-bond acceptors (Lipinski definition) is 5. The van der Waals surface area contributed by atoms with Gasteiger partial charge in [-0.15, -0.1) is 0 Å². The van der Waals surface area contributed by atoms with Gasteiger partial charge in [-0.2, -0.15) is 0 Å². The molecule has 5 heteroatoms. The molecular weight excluding hydrogens is 330 g/mol. The van der Waals surface area contributed by atoms with Crippen molar-refractivity contribution in [2.45, 2.75) is 60.3 Å². The van der Waals surface area contributed by atoms with Gasteiger partial charge in [-0.3, -0.25) is 9.59 Å². The number of rotatable bonds is 11. The Morgan fingerprint density at radius 2 is 1.50 bits per heavy atom. The maximum Gasteiger partial charge on any atom is 0.311 e. The zero-order valence-corrected chi connectivity index (χ0v) is 16.8. The predicted molar refractivity (Wildman–Crippen MR) is 103 cm³/mol. The van der Waals surface area contributed by atoms with Crippen molar-refractivity contribution >= 4 is 11.9 Å². The lowest BCUT2D eigenvalue weighted by Crippen LogP contribution is -2.18. The van der Waals surface area contributed by atoms with E-state index < -0.39 is 0 Å². The fraction of sp³-hybridized carbons (Fsp3) is 0.619. The molecule has 26 heavy (non-hydrogen) atoms. The molecule has 5 nitrogen and oxygen atoms in total. The number of esters is 2. The molecule has 0 saturated carbocycles. The Morgan fingerprint density at radius 1 is 0.923 bits per heavy atom. The number of benzene rings is 1. The van der Waals surface area contributed by atoms with Crippen molar-refractivity contribution in [2.75, 3.05) is 13.1 Å². The second-order valence-electron chi connectivity index (χ2n) is 7.43. The first kappa shape index (κ1) is 22.2. The monoisotopic (exact) mass is 363 g/mol. The van der Waals surface area contributed by atoms with Gasteiger partial charge in [-0.05, 0) is 55.5 Å². The molecular formula is C21H33NO4. The zero-order chi connectivity index (χ0) is 19.5. The quantitative estimate of drug-likeness (QED) is 0.364. The van der Waals surface area contributed by atoms with Crippen LogP contribution in [-0.2, 0) is 16.0 Å². The molecule has 0 atom stereocenters. The summed E-state index contributed by atoms with van der Waals surface area (Å²) in [6.07, 6.45) is 2.54. The summed E-state index contributed by atoms with van der Waals surface area (Å²) in [5, 5.41) is 3.35. The molecule has 0 aliphatic carbocycles. The molecule has 0 spiro atoms. The molecule has 1 aromatic carbocycles. The average molecular weight is 363 g/mol. The fourth-order valence-electron chi connectivity index (χ4n) is 2.40. The minimum atomic E-state index is -0.321. The van der Waals surface area contributed by atoms with Crippen LogP contribution in [0, 0.1) is 11.8 Å². The summed E-state index contributed by atoms with van der Waals surface area (Å²) in [6.45, 7) is 11.8. The van der Waals surface area contributed by atoms with Crippen molar-refractivity contribution in [2.24, 2.45) is 11.8 Å². The molecule has 146 valence electrons. The van der Waals surface area contributed by atoms with Gasteiger partial charge in [-0.25, -0.2) is 0 Å². The number of hydrogen-bond donors (Lipinski definition) is 1. The van der Waals surface area contributed by atoms with Gasteiger partial charge in [0.25, 0.3) is 0 Å². The summed E-state index contributed by atoms with van der Waals surface area (Å²) in [4.78, 5) is 24.1. The number of ether oxygens (including phenoxy) is 2. The molecule has 0 amide bonds. The summed E-state index contributed by atoms with van der Waals surface area (Å²) in [7, 11) is 0. The smallest absolute Gasteiger partial charge is 0.311 e. The van der Waals surface area contributed by atoms with E-state index in [0.717, 1.165) is 31.5 Å². The van der Waals surface area contributed by atoms with Crippen LogP contribution in [0.4, 0.5) is 0 Å². The maximum atomic E-state index is 12.1. The molecule has 0 aliphatic rings. The summed E-state index contributed by atoms with van der Waals surface area (Å²) in [5.41, 5.74) is 1.03. The van der Waals surface area contributed by atoms with Crippen molar-refractivity contribution in [3.8, 4) is 11.5 Å². The third kappa shape index (κ3) is 8.99. The highest BCUT2D eigenvalue weighted by Gasteiger charge is 2.16. The van der Waals surface area contributed by atoms with E-state index in [-0.39, 0.29) is 23.8 Å². The molecule has 0 fully saturated rings. The molecule has 0 unspecified atom stereocenters. The molecule has 1 N–H and O–H groups in total. The second-order valence-corrected chi connectivity index (χ2v) is 7.43. The van der Waals surface area contributed by atoms with Crippen molar-refractivity contribution in [3.05, 3.63) is 23.8 Å². The van der Waals surface area contributed by atoms with Gasteiger partial charge in [0, 0.05) is 12.8 Å². The van der Waals surface area contributed by atoms with Crippen LogP contribution in [0.1, 0.15) is 59.4 Å². The van der Waals surface area contributed by atoms with Gasteiger partial charge in [0.05, 0.1) is 0 Å². The maximum absolute atomic E-state index is 12.1. The van der Waals surface area contributed by atoms with Crippen LogP contribution in [0.2, 0.25) is 0 Å². The van der Waals surface area contributed by atoms with E-state index in [0.29, 0.717) is 24.3 Å². The first-order chi connectivity index (χ1) is 12.3. The highest BCUT2D eigenvalue weighted by molar-refractivity contribution is 5.76. The Kier molecular flexibility index (Phi) is 9.96. The number of carbonyl (C=O) groups is 2. The topological polar surface area (TPSA) is 64.6 Å². The molecule has 1 rings (SSSR count). The van der Waals surface area contributed by atoms with Crippen LogP contribution in [0.5, 0.6) is 11.5 Å². The van der Waals surface area contributed by atoms with E-state index >= 15 is 0 Å². The summed E-state index contributed by atoms with van der Waals surface area (Å²) >= 11 is 0. The fourth-order valence-corrected chi connectivity index (χ4v) is 2.40. The Balaban J connectivity index is 2.88. The molecule has 1 aromatic rings. The van der Waals surface area contributed by atoms with Crippen LogP contribution in [0.25, 0.3) is 0 Å². The standard InChI is InChI=1S/C21H33NO4/c1-6-10-22-11-9-17-7-8-18(25-20(23)12-15(2)3)19(14-17)26-21(24)13-16(4)5/h7-8,14-16,22H,6,9-13H2,1-5H3. The third-order valence-electron chi connectivity index (χ3n) is 3.62. The van der Waals surface area contributed by atoms with Crippen molar-refractivity contribution < 1.29 is 19.1 Å². The highest BCUT2D eigenvalue weighted by Crippen LogP contribution is 2.30. The minimum absolute atomic E-state index is 0.205.